The number of hydrogen-bond acceptors (Lipinski definition) is 7. The fraction of sp³-hybridized carbons (Fsp3) is 0.421. The highest BCUT2D eigenvalue weighted by Gasteiger charge is 2.60. The summed E-state index contributed by atoms with van der Waals surface area (Å²) in [6, 6.07) is 2.46. The maximum absolute atomic E-state index is 13.8. The zero-order valence-electron chi connectivity index (χ0n) is 19.1. The molecular formula is C19H20F5N7O3S. The number of sulfone groups is 1. The van der Waals surface area contributed by atoms with Crippen molar-refractivity contribution in [1.29, 1.82) is 0 Å². The van der Waals surface area contributed by atoms with E-state index in [-0.39, 0.29) is 39.1 Å². The van der Waals surface area contributed by atoms with Crippen molar-refractivity contribution in [2.75, 3.05) is 31.8 Å². The number of alkyl halides is 5. The van der Waals surface area contributed by atoms with Gasteiger partial charge in [-0.15, -0.1) is 10.2 Å². The second-order valence-corrected chi connectivity index (χ2v) is 9.91. The van der Waals surface area contributed by atoms with Crippen LogP contribution in [0.4, 0.5) is 32.6 Å². The predicted molar refractivity (Wildman–Crippen MR) is 115 cm³/mol. The number of imidazole rings is 1. The van der Waals surface area contributed by atoms with Gasteiger partial charge in [0.1, 0.15) is 22.7 Å². The first-order valence-corrected chi connectivity index (χ1v) is 11.5. The van der Waals surface area contributed by atoms with Gasteiger partial charge in [-0.3, -0.25) is 4.90 Å². The van der Waals surface area contributed by atoms with Crippen molar-refractivity contribution >= 4 is 32.9 Å². The summed E-state index contributed by atoms with van der Waals surface area (Å²) in [6.45, 7) is 1.39. The lowest BCUT2D eigenvalue weighted by Gasteiger charge is -2.22. The van der Waals surface area contributed by atoms with E-state index in [1.165, 1.54) is 52.1 Å². The van der Waals surface area contributed by atoms with Gasteiger partial charge in [-0.25, -0.2) is 23.2 Å². The maximum Gasteiger partial charge on any atom is 0.459 e. The molecule has 3 aromatic rings. The molecule has 10 nitrogen and oxygen atoms in total. The average Bonchev–Trinajstić information content (AvgIpc) is 3.12. The standard InChI is InChI=1S/C19H20F5N7O3S/c1-6-35(33,34)11-7-8-13(30(4)17(32)29(2)3)26-14(11)16-25-10-9-12(18(20,21)19(22,23)24)27-28-15(10)31(16)5/h7-9H,6H2,1-5H3. The van der Waals surface area contributed by atoms with Gasteiger partial charge >= 0.3 is 18.1 Å². The summed E-state index contributed by atoms with van der Waals surface area (Å²) in [5.74, 6) is -5.76. The molecule has 0 unspecified atom stereocenters. The number of urea groups is 1. The van der Waals surface area contributed by atoms with Crippen molar-refractivity contribution in [3.63, 3.8) is 0 Å². The smallest absolute Gasteiger partial charge is 0.330 e. The molecule has 0 atom stereocenters. The van der Waals surface area contributed by atoms with Crippen molar-refractivity contribution in [2.24, 2.45) is 7.05 Å². The predicted octanol–water partition coefficient (Wildman–Crippen LogP) is 2.99. The first-order valence-electron chi connectivity index (χ1n) is 9.87. The van der Waals surface area contributed by atoms with E-state index in [1.807, 2.05) is 0 Å². The monoisotopic (exact) mass is 521 g/mol. The molecule has 0 aliphatic heterocycles. The van der Waals surface area contributed by atoms with Gasteiger partial charge in [-0.05, 0) is 18.2 Å². The van der Waals surface area contributed by atoms with Crippen LogP contribution in [0.3, 0.4) is 0 Å². The number of halogens is 5. The Kier molecular flexibility index (Phi) is 6.47. The molecule has 190 valence electrons. The Hall–Kier alpha value is -3.43. The summed E-state index contributed by atoms with van der Waals surface area (Å²) in [7, 11) is 1.83. The maximum atomic E-state index is 13.8. The van der Waals surface area contributed by atoms with E-state index in [4.69, 9.17) is 0 Å². The minimum Gasteiger partial charge on any atom is -0.330 e. The molecule has 0 bridgehead atoms. The van der Waals surface area contributed by atoms with E-state index in [9.17, 15) is 35.2 Å². The largest absolute Gasteiger partial charge is 0.459 e. The van der Waals surface area contributed by atoms with Gasteiger partial charge in [-0.2, -0.15) is 22.0 Å². The number of aromatic nitrogens is 5. The number of carbonyl (C=O) groups is 1. The molecule has 0 spiro atoms. The van der Waals surface area contributed by atoms with Crippen LogP contribution in [-0.4, -0.2) is 77.2 Å². The van der Waals surface area contributed by atoms with Crippen molar-refractivity contribution in [3.8, 4) is 11.5 Å². The number of hydrogen-bond donors (Lipinski definition) is 0. The van der Waals surface area contributed by atoms with Crippen LogP contribution in [-0.2, 0) is 22.8 Å². The fourth-order valence-corrected chi connectivity index (χ4v) is 4.10. The quantitative estimate of drug-likeness (QED) is 0.474. The molecular weight excluding hydrogens is 501 g/mol. The van der Waals surface area contributed by atoms with Gasteiger partial charge < -0.3 is 9.47 Å². The number of pyridine rings is 1. The van der Waals surface area contributed by atoms with Gasteiger partial charge in [0.05, 0.1) is 10.6 Å². The summed E-state index contributed by atoms with van der Waals surface area (Å²) >= 11 is 0. The fourth-order valence-electron chi connectivity index (χ4n) is 3.08. The van der Waals surface area contributed by atoms with Crippen molar-refractivity contribution < 1.29 is 35.2 Å². The Morgan fingerprint density at radius 1 is 1.06 bits per heavy atom. The average molecular weight is 521 g/mol. The first kappa shape index (κ1) is 26.2. The molecule has 0 radical (unpaired) electrons. The Morgan fingerprint density at radius 3 is 2.23 bits per heavy atom. The molecule has 0 saturated carbocycles. The lowest BCUT2D eigenvalue weighted by molar-refractivity contribution is -0.291. The SMILES string of the molecule is CCS(=O)(=O)c1ccc(N(C)C(=O)N(C)C)nc1-c1nc2cc(C(F)(F)C(F)(F)F)nnc2n1C. The zero-order chi connectivity index (χ0) is 26.5. The summed E-state index contributed by atoms with van der Waals surface area (Å²) in [6.07, 6.45) is -5.91. The number of anilines is 1. The number of nitrogens with zero attached hydrogens (tertiary/aromatic N) is 7. The van der Waals surface area contributed by atoms with Crippen LogP contribution in [0.15, 0.2) is 23.1 Å². The minimum absolute atomic E-state index is 0.0381. The van der Waals surface area contributed by atoms with Crippen LogP contribution in [0.1, 0.15) is 12.6 Å². The molecule has 0 aliphatic rings. The Morgan fingerprint density at radius 2 is 1.69 bits per heavy atom. The van der Waals surface area contributed by atoms with E-state index in [1.54, 1.807) is 0 Å². The van der Waals surface area contributed by atoms with E-state index in [2.05, 4.69) is 20.2 Å². The second-order valence-electron chi connectivity index (χ2n) is 7.66. The number of aryl methyl sites for hydroxylation is 1. The molecule has 3 aromatic heterocycles. The summed E-state index contributed by atoms with van der Waals surface area (Å²) in [4.78, 5) is 22.8. The van der Waals surface area contributed by atoms with Crippen molar-refractivity contribution in [1.82, 2.24) is 29.6 Å². The Bertz CT molecular complexity index is 1400. The molecule has 0 aliphatic carbocycles. The van der Waals surface area contributed by atoms with Gasteiger partial charge in [0.2, 0.25) is 0 Å². The highest BCUT2D eigenvalue weighted by molar-refractivity contribution is 7.91. The lowest BCUT2D eigenvalue weighted by Crippen LogP contribution is -2.36. The second kappa shape index (κ2) is 8.66. The highest BCUT2D eigenvalue weighted by Crippen LogP contribution is 2.43. The Balaban J connectivity index is 2.28. The number of fused-ring (bicyclic) bond motifs is 1. The number of carbonyl (C=O) groups excluding carboxylic acids is 1. The van der Waals surface area contributed by atoms with E-state index < -0.39 is 33.7 Å². The van der Waals surface area contributed by atoms with Crippen LogP contribution in [0.2, 0.25) is 0 Å². The minimum atomic E-state index is -5.91. The third-order valence-corrected chi connectivity index (χ3v) is 6.84. The van der Waals surface area contributed by atoms with Crippen LogP contribution >= 0.6 is 0 Å². The summed E-state index contributed by atoms with van der Waals surface area (Å²) in [5.41, 5.74) is -2.48. The molecule has 16 heteroatoms. The van der Waals surface area contributed by atoms with Crippen LogP contribution in [0, 0.1) is 0 Å². The number of rotatable bonds is 5. The molecule has 0 aromatic carbocycles. The third kappa shape index (κ3) is 4.49. The molecule has 0 N–H and O–H groups in total. The van der Waals surface area contributed by atoms with Gasteiger partial charge in [0, 0.05) is 28.2 Å². The molecule has 3 heterocycles. The van der Waals surface area contributed by atoms with E-state index in [0.29, 0.717) is 6.07 Å². The van der Waals surface area contributed by atoms with Crippen molar-refractivity contribution in [3.05, 3.63) is 23.9 Å². The highest BCUT2D eigenvalue weighted by atomic mass is 32.2. The third-order valence-electron chi connectivity index (χ3n) is 5.08. The van der Waals surface area contributed by atoms with Gasteiger partial charge in [-0.1, -0.05) is 6.92 Å². The molecule has 0 fully saturated rings. The van der Waals surface area contributed by atoms with E-state index in [0.717, 1.165) is 9.47 Å². The first-order chi connectivity index (χ1) is 16.0. The summed E-state index contributed by atoms with van der Waals surface area (Å²) in [5, 5.41) is 6.46. The normalized spacial score (nSPS) is 12.7. The van der Waals surface area contributed by atoms with Crippen molar-refractivity contribution in [2.45, 2.75) is 23.9 Å². The van der Waals surface area contributed by atoms with Gasteiger partial charge in [0.25, 0.3) is 0 Å². The lowest BCUT2D eigenvalue weighted by atomic mass is 10.2. The molecule has 2 amide bonds. The molecule has 3 rings (SSSR count). The summed E-state index contributed by atoms with van der Waals surface area (Å²) < 4.78 is 92.5. The Labute approximate surface area is 196 Å². The zero-order valence-corrected chi connectivity index (χ0v) is 19.9. The van der Waals surface area contributed by atoms with E-state index >= 15 is 0 Å². The molecule has 35 heavy (non-hydrogen) atoms. The van der Waals surface area contributed by atoms with Crippen LogP contribution in [0.5, 0.6) is 0 Å². The number of amides is 2. The van der Waals surface area contributed by atoms with Crippen LogP contribution < -0.4 is 4.90 Å². The van der Waals surface area contributed by atoms with Crippen LogP contribution in [0.25, 0.3) is 22.7 Å². The topological polar surface area (TPSA) is 114 Å². The van der Waals surface area contributed by atoms with Gasteiger partial charge in [0.15, 0.2) is 21.3 Å². The molecule has 0 saturated heterocycles.